The lowest BCUT2D eigenvalue weighted by atomic mass is 10.1. The number of ether oxygens (including phenoxy) is 3. The maximum atomic E-state index is 13.4. The Kier molecular flexibility index (Phi) is 12.1. The van der Waals surface area contributed by atoms with E-state index in [9.17, 15) is 9.59 Å². The van der Waals surface area contributed by atoms with Gasteiger partial charge < -0.3 is 34.6 Å². The van der Waals surface area contributed by atoms with Crippen LogP contribution in [0, 0.1) is 0 Å². The summed E-state index contributed by atoms with van der Waals surface area (Å²) in [5, 5.41) is 5.99. The Morgan fingerprint density at radius 2 is 1.53 bits per heavy atom. The predicted octanol–water partition coefficient (Wildman–Crippen LogP) is 5.61. The van der Waals surface area contributed by atoms with E-state index in [4.69, 9.17) is 14.2 Å². The largest absolute Gasteiger partial charge is 0.495 e. The summed E-state index contributed by atoms with van der Waals surface area (Å²) in [5.74, 6) is 1.16. The van der Waals surface area contributed by atoms with Crippen LogP contribution in [-0.2, 0) is 4.74 Å². The molecule has 0 spiro atoms. The number of nitrogens with zero attached hydrogens (tertiary/aromatic N) is 2. The van der Waals surface area contributed by atoms with Crippen molar-refractivity contribution in [2.24, 2.45) is 0 Å². The van der Waals surface area contributed by atoms with Crippen LogP contribution in [-0.4, -0.2) is 71.5 Å². The van der Waals surface area contributed by atoms with Gasteiger partial charge in [0.2, 0.25) is 0 Å². The van der Waals surface area contributed by atoms with E-state index in [-0.39, 0.29) is 11.8 Å². The number of hydrogen-bond acceptors (Lipinski definition) is 7. The predicted molar refractivity (Wildman–Crippen MR) is 172 cm³/mol. The van der Waals surface area contributed by atoms with Crippen molar-refractivity contribution in [3.63, 3.8) is 0 Å². The van der Waals surface area contributed by atoms with Crippen molar-refractivity contribution in [2.75, 3.05) is 74.8 Å². The smallest absolute Gasteiger partial charge is 0.255 e. The summed E-state index contributed by atoms with van der Waals surface area (Å²) in [4.78, 5) is 31.0. The molecule has 3 aromatic rings. The standard InChI is InChI=1S/C34H44N4O5/c1-4-6-24-43-28-15-12-26(13-16-28)33(39)36-27-14-17-30(29(25-27)34(40)35-18-9-23-42-5-2)37-19-21-38(22-20-37)31-10-7-8-11-32(31)41-3/h7-8,10-17,25H,4-6,9,18-24H2,1-3H3,(H,35,40)(H,36,39). The Morgan fingerprint density at radius 1 is 0.814 bits per heavy atom. The van der Waals surface area contributed by atoms with Gasteiger partial charge in [-0.05, 0) is 74.4 Å². The topological polar surface area (TPSA) is 92.4 Å². The molecule has 0 aliphatic carbocycles. The van der Waals surface area contributed by atoms with Crippen molar-refractivity contribution >= 4 is 28.9 Å². The van der Waals surface area contributed by atoms with Crippen LogP contribution >= 0.6 is 0 Å². The molecule has 1 aliphatic heterocycles. The highest BCUT2D eigenvalue weighted by Gasteiger charge is 2.24. The van der Waals surface area contributed by atoms with Crippen molar-refractivity contribution < 1.29 is 23.8 Å². The van der Waals surface area contributed by atoms with E-state index in [1.54, 1.807) is 37.4 Å². The molecule has 0 aromatic heterocycles. The number of hydrogen-bond donors (Lipinski definition) is 2. The maximum Gasteiger partial charge on any atom is 0.255 e. The van der Waals surface area contributed by atoms with Crippen LogP contribution in [0.15, 0.2) is 66.7 Å². The summed E-state index contributed by atoms with van der Waals surface area (Å²) in [6.07, 6.45) is 2.77. The lowest BCUT2D eigenvalue weighted by Crippen LogP contribution is -2.47. The normalized spacial score (nSPS) is 13.0. The van der Waals surface area contributed by atoms with Gasteiger partial charge in [0.1, 0.15) is 11.5 Å². The SMILES string of the molecule is CCCCOc1ccc(C(=O)Nc2ccc(N3CCN(c4ccccc4OC)CC3)c(C(=O)NCCCOCC)c2)cc1. The minimum absolute atomic E-state index is 0.177. The molecule has 0 bridgehead atoms. The first-order valence-corrected chi connectivity index (χ1v) is 15.2. The Morgan fingerprint density at radius 3 is 2.23 bits per heavy atom. The van der Waals surface area contributed by atoms with Crippen molar-refractivity contribution in [2.45, 2.75) is 33.1 Å². The second-order valence-corrected chi connectivity index (χ2v) is 10.4. The zero-order valence-electron chi connectivity index (χ0n) is 25.6. The van der Waals surface area contributed by atoms with Crippen molar-refractivity contribution in [1.29, 1.82) is 0 Å². The van der Waals surface area contributed by atoms with Crippen LogP contribution in [0.4, 0.5) is 17.1 Å². The van der Waals surface area contributed by atoms with Gasteiger partial charge in [-0.15, -0.1) is 0 Å². The Labute approximate surface area is 255 Å². The summed E-state index contributed by atoms with van der Waals surface area (Å²) >= 11 is 0. The number of piperazine rings is 1. The number of rotatable bonds is 15. The molecular weight excluding hydrogens is 544 g/mol. The van der Waals surface area contributed by atoms with Crippen LogP contribution < -0.4 is 29.9 Å². The Bertz CT molecular complexity index is 1320. The average molecular weight is 589 g/mol. The molecule has 0 saturated carbocycles. The molecule has 3 aromatic carbocycles. The van der Waals surface area contributed by atoms with Crippen LogP contribution in [0.2, 0.25) is 0 Å². The van der Waals surface area contributed by atoms with E-state index >= 15 is 0 Å². The van der Waals surface area contributed by atoms with Gasteiger partial charge in [-0.2, -0.15) is 0 Å². The lowest BCUT2D eigenvalue weighted by Gasteiger charge is -2.38. The number of anilines is 3. The first-order chi connectivity index (χ1) is 21.0. The molecule has 0 atom stereocenters. The van der Waals surface area contributed by atoms with Gasteiger partial charge in [0.15, 0.2) is 0 Å². The number of nitrogens with one attached hydrogen (secondary N) is 2. The zero-order valence-corrected chi connectivity index (χ0v) is 25.6. The summed E-state index contributed by atoms with van der Waals surface area (Å²) in [7, 11) is 1.69. The summed E-state index contributed by atoms with van der Waals surface area (Å²) in [6, 6.07) is 20.7. The quantitative estimate of drug-likeness (QED) is 0.223. The van der Waals surface area contributed by atoms with E-state index in [2.05, 4.69) is 33.4 Å². The molecule has 1 fully saturated rings. The fourth-order valence-electron chi connectivity index (χ4n) is 5.01. The maximum absolute atomic E-state index is 13.4. The Balaban J connectivity index is 1.47. The lowest BCUT2D eigenvalue weighted by molar-refractivity contribution is 0.0943. The summed E-state index contributed by atoms with van der Waals surface area (Å²) in [5.41, 5.74) is 3.51. The highest BCUT2D eigenvalue weighted by atomic mass is 16.5. The minimum atomic E-state index is -0.249. The van der Waals surface area contributed by atoms with Crippen LogP contribution in [0.3, 0.4) is 0 Å². The molecular formula is C34H44N4O5. The van der Waals surface area contributed by atoms with Gasteiger partial charge in [0.05, 0.1) is 25.0 Å². The van der Waals surface area contributed by atoms with Gasteiger partial charge in [0, 0.05) is 62.9 Å². The van der Waals surface area contributed by atoms with Crippen LogP contribution in [0.1, 0.15) is 53.8 Å². The monoisotopic (exact) mass is 588 g/mol. The summed E-state index contributed by atoms with van der Waals surface area (Å²) in [6.45, 7) is 9.51. The van der Waals surface area contributed by atoms with Gasteiger partial charge in [-0.25, -0.2) is 0 Å². The third kappa shape index (κ3) is 8.88. The molecule has 43 heavy (non-hydrogen) atoms. The fourth-order valence-corrected chi connectivity index (χ4v) is 5.01. The van der Waals surface area contributed by atoms with E-state index < -0.39 is 0 Å². The zero-order chi connectivity index (χ0) is 30.4. The molecule has 2 amide bonds. The van der Waals surface area contributed by atoms with Gasteiger partial charge in [-0.1, -0.05) is 25.5 Å². The molecule has 0 unspecified atom stereocenters. The van der Waals surface area contributed by atoms with Crippen molar-refractivity contribution in [1.82, 2.24) is 5.32 Å². The number of carbonyl (C=O) groups is 2. The van der Waals surface area contributed by atoms with Crippen LogP contribution in [0.25, 0.3) is 0 Å². The number of unbranched alkanes of at least 4 members (excludes halogenated alkanes) is 1. The highest BCUT2D eigenvalue weighted by Crippen LogP contribution is 2.31. The average Bonchev–Trinajstić information content (AvgIpc) is 3.05. The molecule has 0 radical (unpaired) electrons. The molecule has 9 nitrogen and oxygen atoms in total. The van der Waals surface area contributed by atoms with Gasteiger partial charge in [-0.3, -0.25) is 9.59 Å². The van der Waals surface area contributed by atoms with E-state index in [0.717, 1.165) is 68.3 Å². The fraction of sp³-hybridized carbons (Fsp3) is 0.412. The molecule has 1 heterocycles. The van der Waals surface area contributed by atoms with Crippen LogP contribution in [0.5, 0.6) is 11.5 Å². The number of carbonyl (C=O) groups excluding carboxylic acids is 2. The second-order valence-electron chi connectivity index (χ2n) is 10.4. The molecule has 230 valence electrons. The number of amides is 2. The molecule has 4 rings (SSSR count). The van der Waals surface area contributed by atoms with Crippen molar-refractivity contribution in [3.05, 3.63) is 77.9 Å². The third-order valence-corrected chi connectivity index (χ3v) is 7.38. The first-order valence-electron chi connectivity index (χ1n) is 15.2. The number of para-hydroxylation sites is 2. The van der Waals surface area contributed by atoms with E-state index in [0.29, 0.717) is 43.2 Å². The molecule has 2 N–H and O–H groups in total. The number of benzene rings is 3. The van der Waals surface area contributed by atoms with E-state index in [1.165, 1.54) is 0 Å². The minimum Gasteiger partial charge on any atom is -0.495 e. The Hall–Kier alpha value is -4.24. The third-order valence-electron chi connectivity index (χ3n) is 7.38. The van der Waals surface area contributed by atoms with Gasteiger partial charge >= 0.3 is 0 Å². The first kappa shape index (κ1) is 31.7. The second kappa shape index (κ2) is 16.4. The molecule has 9 heteroatoms. The highest BCUT2D eigenvalue weighted by molar-refractivity contribution is 6.06. The van der Waals surface area contributed by atoms with E-state index in [1.807, 2.05) is 37.3 Å². The van der Waals surface area contributed by atoms with Crippen molar-refractivity contribution in [3.8, 4) is 11.5 Å². The summed E-state index contributed by atoms with van der Waals surface area (Å²) < 4.78 is 16.7. The van der Waals surface area contributed by atoms with Gasteiger partial charge in [0.25, 0.3) is 11.8 Å². The molecule has 1 aliphatic rings. The number of methoxy groups -OCH3 is 1. The molecule has 1 saturated heterocycles.